The van der Waals surface area contributed by atoms with Crippen LogP contribution in [0.1, 0.15) is 51.4 Å². The first kappa shape index (κ1) is 15.3. The average Bonchev–Trinajstić information content (AvgIpc) is 2.48. The maximum atomic E-state index is 12.2. The van der Waals surface area contributed by atoms with Crippen LogP contribution in [0.15, 0.2) is 0 Å². The molecule has 1 heterocycles. The van der Waals surface area contributed by atoms with Gasteiger partial charge in [0, 0.05) is 13.0 Å². The topological polar surface area (TPSA) is 66.8 Å². The van der Waals surface area contributed by atoms with Crippen LogP contribution in [0, 0.1) is 5.92 Å². The number of rotatable bonds is 5. The van der Waals surface area contributed by atoms with Crippen molar-refractivity contribution in [2.24, 2.45) is 5.92 Å². The number of nitrogens with zero attached hydrogens (tertiary/aromatic N) is 1. The highest BCUT2D eigenvalue weighted by molar-refractivity contribution is 5.83. The van der Waals surface area contributed by atoms with E-state index in [0.29, 0.717) is 19.6 Å². The molecule has 2 rings (SSSR count). The SMILES string of the molecule is O=C(O)C1COCCN1C(=O)CCCC1CCCCC1. The molecule has 1 aliphatic carbocycles. The summed E-state index contributed by atoms with van der Waals surface area (Å²) in [6.07, 6.45) is 9.05. The largest absolute Gasteiger partial charge is 0.480 e. The van der Waals surface area contributed by atoms with Gasteiger partial charge in [0.2, 0.25) is 5.91 Å². The summed E-state index contributed by atoms with van der Waals surface area (Å²) in [6, 6.07) is -0.800. The van der Waals surface area contributed by atoms with Crippen molar-refractivity contribution in [1.29, 1.82) is 0 Å². The molecular formula is C15H25NO4. The molecule has 1 amide bonds. The molecule has 1 unspecified atom stereocenters. The Morgan fingerprint density at radius 2 is 1.95 bits per heavy atom. The zero-order valence-corrected chi connectivity index (χ0v) is 12.1. The molecule has 2 aliphatic rings. The van der Waals surface area contributed by atoms with Crippen molar-refractivity contribution in [2.75, 3.05) is 19.8 Å². The number of carboxylic acids is 1. The lowest BCUT2D eigenvalue weighted by Gasteiger charge is -2.33. The lowest BCUT2D eigenvalue weighted by Crippen LogP contribution is -2.52. The van der Waals surface area contributed by atoms with Gasteiger partial charge >= 0.3 is 5.97 Å². The van der Waals surface area contributed by atoms with Crippen LogP contribution in [-0.4, -0.2) is 47.7 Å². The third-order valence-corrected chi connectivity index (χ3v) is 4.46. The van der Waals surface area contributed by atoms with E-state index in [4.69, 9.17) is 9.84 Å². The zero-order chi connectivity index (χ0) is 14.4. The molecule has 0 bridgehead atoms. The van der Waals surface area contributed by atoms with Crippen LogP contribution in [0.25, 0.3) is 0 Å². The average molecular weight is 283 g/mol. The summed E-state index contributed by atoms with van der Waals surface area (Å²) in [7, 11) is 0. The van der Waals surface area contributed by atoms with Crippen LogP contribution in [0.5, 0.6) is 0 Å². The van der Waals surface area contributed by atoms with Crippen molar-refractivity contribution < 1.29 is 19.4 Å². The number of carbonyl (C=O) groups excluding carboxylic acids is 1. The van der Waals surface area contributed by atoms with Crippen LogP contribution in [-0.2, 0) is 14.3 Å². The first-order valence-corrected chi connectivity index (χ1v) is 7.78. The fourth-order valence-electron chi connectivity index (χ4n) is 3.27. The van der Waals surface area contributed by atoms with Crippen LogP contribution in [0.2, 0.25) is 0 Å². The minimum Gasteiger partial charge on any atom is -0.480 e. The standard InChI is InChI=1S/C15H25NO4/c17-14(8-4-7-12-5-2-1-3-6-12)16-9-10-20-11-13(16)15(18)19/h12-13H,1-11H2,(H,18,19). The van der Waals surface area contributed by atoms with Crippen molar-refractivity contribution in [3.63, 3.8) is 0 Å². The van der Waals surface area contributed by atoms with Gasteiger partial charge in [-0.15, -0.1) is 0 Å². The highest BCUT2D eigenvalue weighted by Crippen LogP contribution is 2.27. The van der Waals surface area contributed by atoms with Crippen LogP contribution in [0.3, 0.4) is 0 Å². The third kappa shape index (κ3) is 4.20. The minimum atomic E-state index is -0.967. The number of hydrogen-bond acceptors (Lipinski definition) is 3. The first-order valence-electron chi connectivity index (χ1n) is 7.78. The Labute approximate surface area is 120 Å². The summed E-state index contributed by atoms with van der Waals surface area (Å²) >= 11 is 0. The van der Waals surface area contributed by atoms with Crippen LogP contribution in [0.4, 0.5) is 0 Å². The maximum Gasteiger partial charge on any atom is 0.328 e. The van der Waals surface area contributed by atoms with Gasteiger partial charge in [-0.05, 0) is 18.8 Å². The molecule has 0 aromatic rings. The predicted octanol–water partition coefficient (Wildman–Crippen LogP) is 2.05. The van der Waals surface area contributed by atoms with E-state index in [1.54, 1.807) is 0 Å². The Balaban J connectivity index is 1.73. The Bertz CT molecular complexity index is 339. The fraction of sp³-hybridized carbons (Fsp3) is 0.867. The second-order valence-corrected chi connectivity index (χ2v) is 5.91. The van der Waals surface area contributed by atoms with Crippen LogP contribution < -0.4 is 0 Å². The molecule has 0 radical (unpaired) electrons. The molecule has 1 saturated carbocycles. The normalized spacial score (nSPS) is 24.6. The summed E-state index contributed by atoms with van der Waals surface area (Å²) in [4.78, 5) is 24.8. The van der Waals surface area contributed by atoms with Gasteiger partial charge < -0.3 is 14.7 Å². The van der Waals surface area contributed by atoms with Gasteiger partial charge in [0.05, 0.1) is 13.2 Å². The molecule has 1 atom stereocenters. The van der Waals surface area contributed by atoms with Gasteiger partial charge in [-0.1, -0.05) is 32.1 Å². The Morgan fingerprint density at radius 1 is 1.20 bits per heavy atom. The number of morpholine rings is 1. The van der Waals surface area contributed by atoms with Crippen molar-refractivity contribution in [3.8, 4) is 0 Å². The summed E-state index contributed by atoms with van der Waals surface area (Å²) in [5, 5.41) is 9.11. The molecule has 1 aliphatic heterocycles. The molecule has 2 fully saturated rings. The monoisotopic (exact) mass is 283 g/mol. The number of amides is 1. The van der Waals surface area contributed by atoms with Crippen molar-refractivity contribution >= 4 is 11.9 Å². The van der Waals surface area contributed by atoms with E-state index in [9.17, 15) is 9.59 Å². The number of carboxylic acid groups (broad SMARTS) is 1. The number of carbonyl (C=O) groups is 2. The summed E-state index contributed by atoms with van der Waals surface area (Å²) in [6.45, 7) is 0.959. The van der Waals surface area contributed by atoms with E-state index < -0.39 is 12.0 Å². The fourth-order valence-corrected chi connectivity index (χ4v) is 3.27. The van der Waals surface area contributed by atoms with Crippen molar-refractivity contribution in [2.45, 2.75) is 57.4 Å². The third-order valence-electron chi connectivity index (χ3n) is 4.46. The van der Waals surface area contributed by atoms with Crippen molar-refractivity contribution in [3.05, 3.63) is 0 Å². The van der Waals surface area contributed by atoms with Gasteiger partial charge in [-0.25, -0.2) is 4.79 Å². The summed E-state index contributed by atoms with van der Waals surface area (Å²) in [5.74, 6) is -0.224. The second-order valence-electron chi connectivity index (χ2n) is 5.91. The zero-order valence-electron chi connectivity index (χ0n) is 12.1. The maximum absolute atomic E-state index is 12.2. The van der Waals surface area contributed by atoms with Crippen molar-refractivity contribution in [1.82, 2.24) is 4.90 Å². The molecule has 0 spiro atoms. The number of aliphatic carboxylic acids is 1. The molecule has 0 aromatic carbocycles. The Hall–Kier alpha value is -1.10. The quantitative estimate of drug-likeness (QED) is 0.838. The van der Waals surface area contributed by atoms with Crippen LogP contribution >= 0.6 is 0 Å². The highest BCUT2D eigenvalue weighted by Gasteiger charge is 2.32. The molecule has 1 saturated heterocycles. The molecular weight excluding hydrogens is 258 g/mol. The van der Waals surface area contributed by atoms with Gasteiger partial charge in [0.15, 0.2) is 6.04 Å². The van der Waals surface area contributed by atoms with E-state index in [2.05, 4.69) is 0 Å². The lowest BCUT2D eigenvalue weighted by atomic mass is 9.86. The minimum absolute atomic E-state index is 0.0310. The molecule has 114 valence electrons. The van der Waals surface area contributed by atoms with Gasteiger partial charge in [0.25, 0.3) is 0 Å². The van der Waals surface area contributed by atoms with E-state index >= 15 is 0 Å². The summed E-state index contributed by atoms with van der Waals surface area (Å²) < 4.78 is 5.15. The number of ether oxygens (including phenoxy) is 1. The highest BCUT2D eigenvalue weighted by atomic mass is 16.5. The second kappa shape index (κ2) is 7.62. The van der Waals surface area contributed by atoms with E-state index in [1.807, 2.05) is 0 Å². The van der Waals surface area contributed by atoms with Gasteiger partial charge in [0.1, 0.15) is 0 Å². The van der Waals surface area contributed by atoms with Gasteiger partial charge in [-0.3, -0.25) is 4.79 Å². The Kier molecular flexibility index (Phi) is 5.83. The summed E-state index contributed by atoms with van der Waals surface area (Å²) in [5.41, 5.74) is 0. The van der Waals surface area contributed by atoms with E-state index in [1.165, 1.54) is 37.0 Å². The molecule has 0 aromatic heterocycles. The van der Waals surface area contributed by atoms with E-state index in [0.717, 1.165) is 18.8 Å². The molecule has 5 nitrogen and oxygen atoms in total. The molecule has 1 N–H and O–H groups in total. The van der Waals surface area contributed by atoms with E-state index in [-0.39, 0.29) is 12.5 Å². The number of hydrogen-bond donors (Lipinski definition) is 1. The Morgan fingerprint density at radius 3 is 2.65 bits per heavy atom. The predicted molar refractivity (Wildman–Crippen MR) is 74.4 cm³/mol. The first-order chi connectivity index (χ1) is 9.68. The lowest BCUT2D eigenvalue weighted by molar-refractivity contribution is -0.158. The molecule has 5 heteroatoms. The molecule has 20 heavy (non-hydrogen) atoms. The van der Waals surface area contributed by atoms with Gasteiger partial charge in [-0.2, -0.15) is 0 Å². The smallest absolute Gasteiger partial charge is 0.328 e.